The normalized spacial score (nSPS) is 10.2. The topological polar surface area (TPSA) is 50.9 Å². The number of anilines is 2. The number of nitrogens with one attached hydrogen (secondary N) is 1. The zero-order chi connectivity index (χ0) is 12.3. The molecule has 1 heterocycles. The first-order valence-electron chi connectivity index (χ1n) is 5.68. The first kappa shape index (κ1) is 11.5. The fourth-order valence-corrected chi connectivity index (χ4v) is 1.70. The smallest absolute Gasteiger partial charge is 0.149 e. The van der Waals surface area contributed by atoms with Crippen molar-refractivity contribution in [3.63, 3.8) is 0 Å². The van der Waals surface area contributed by atoms with Crippen LogP contribution in [0.1, 0.15) is 16.7 Å². The van der Waals surface area contributed by atoms with E-state index in [0.29, 0.717) is 0 Å². The second-order valence-electron chi connectivity index (χ2n) is 4.17. The highest BCUT2D eigenvalue weighted by Crippen LogP contribution is 2.19. The molecule has 0 saturated heterocycles. The molecule has 1 aromatic carbocycles. The summed E-state index contributed by atoms with van der Waals surface area (Å²) < 4.78 is 0. The van der Waals surface area contributed by atoms with Gasteiger partial charge in [0.1, 0.15) is 5.82 Å². The quantitative estimate of drug-likeness (QED) is 0.847. The van der Waals surface area contributed by atoms with Gasteiger partial charge in [0.15, 0.2) is 0 Å². The van der Waals surface area contributed by atoms with Crippen LogP contribution in [0.2, 0.25) is 0 Å². The Bertz CT molecular complexity index is 521. The first-order valence-corrected chi connectivity index (χ1v) is 5.68. The number of aryl methyl sites for hydroxylation is 2. The molecule has 17 heavy (non-hydrogen) atoms. The van der Waals surface area contributed by atoms with E-state index >= 15 is 0 Å². The molecule has 3 nitrogen and oxygen atoms in total. The maximum absolute atomic E-state index is 5.96. The molecule has 0 spiro atoms. The van der Waals surface area contributed by atoms with E-state index in [4.69, 9.17) is 5.73 Å². The summed E-state index contributed by atoms with van der Waals surface area (Å²) >= 11 is 0. The van der Waals surface area contributed by atoms with Crippen molar-refractivity contribution in [1.82, 2.24) is 4.98 Å². The minimum atomic E-state index is 0.723. The molecule has 3 N–H and O–H groups in total. The lowest BCUT2D eigenvalue weighted by Crippen LogP contribution is -2.06. The summed E-state index contributed by atoms with van der Waals surface area (Å²) in [6.07, 6.45) is 1.77. The van der Waals surface area contributed by atoms with Crippen molar-refractivity contribution < 1.29 is 0 Å². The highest BCUT2D eigenvalue weighted by Gasteiger charge is 2.03. The number of nitrogen functional groups attached to an aromatic ring is 1. The Morgan fingerprint density at radius 3 is 2.65 bits per heavy atom. The number of nitrogens with zero attached hydrogens (tertiary/aromatic N) is 1. The Kier molecular flexibility index (Phi) is 3.28. The predicted octanol–water partition coefficient (Wildman–Crippen LogP) is 2.89. The molecule has 0 saturated carbocycles. The fraction of sp³-hybridized carbons (Fsp3) is 0.214. The van der Waals surface area contributed by atoms with Gasteiger partial charge in [-0.3, -0.25) is 0 Å². The molecule has 2 aromatic rings. The van der Waals surface area contributed by atoms with Crippen LogP contribution in [0.3, 0.4) is 0 Å². The third kappa shape index (κ3) is 2.56. The van der Waals surface area contributed by atoms with Gasteiger partial charge in [-0.05, 0) is 36.6 Å². The minimum Gasteiger partial charge on any atom is -0.396 e. The van der Waals surface area contributed by atoms with Crippen molar-refractivity contribution in [2.24, 2.45) is 0 Å². The number of nitrogens with two attached hydrogens (primary N) is 1. The van der Waals surface area contributed by atoms with Gasteiger partial charge in [-0.1, -0.05) is 24.3 Å². The Labute approximate surface area is 102 Å². The largest absolute Gasteiger partial charge is 0.396 e. The lowest BCUT2D eigenvalue weighted by Gasteiger charge is -2.11. The molecule has 2 rings (SSSR count). The van der Waals surface area contributed by atoms with Crippen LogP contribution in [0, 0.1) is 13.8 Å². The summed E-state index contributed by atoms with van der Waals surface area (Å²) in [6.45, 7) is 4.83. The summed E-state index contributed by atoms with van der Waals surface area (Å²) in [6, 6.07) is 10.2. The Balaban J connectivity index is 2.13. The maximum atomic E-state index is 5.96. The van der Waals surface area contributed by atoms with Crippen LogP contribution in [-0.4, -0.2) is 4.98 Å². The molecule has 0 amide bonds. The van der Waals surface area contributed by atoms with Gasteiger partial charge in [-0.25, -0.2) is 4.98 Å². The van der Waals surface area contributed by atoms with Gasteiger partial charge in [-0.15, -0.1) is 0 Å². The average molecular weight is 227 g/mol. The van der Waals surface area contributed by atoms with Gasteiger partial charge in [0.25, 0.3) is 0 Å². The van der Waals surface area contributed by atoms with Crippen molar-refractivity contribution >= 4 is 11.5 Å². The SMILES string of the molecule is Cc1ccccc1CNc1nccc(C)c1N. The van der Waals surface area contributed by atoms with Crippen LogP contribution < -0.4 is 11.1 Å². The standard InChI is InChI=1S/C14H17N3/c1-10-5-3-4-6-12(10)9-17-14-13(15)11(2)7-8-16-14/h3-8H,9,15H2,1-2H3,(H,16,17). The van der Waals surface area contributed by atoms with Gasteiger partial charge >= 0.3 is 0 Å². The maximum Gasteiger partial charge on any atom is 0.149 e. The number of hydrogen-bond donors (Lipinski definition) is 2. The van der Waals surface area contributed by atoms with Gasteiger partial charge in [0, 0.05) is 12.7 Å². The van der Waals surface area contributed by atoms with Crippen LogP contribution in [-0.2, 0) is 6.54 Å². The monoisotopic (exact) mass is 227 g/mol. The average Bonchev–Trinajstić information content (AvgIpc) is 2.33. The molecule has 0 bridgehead atoms. The number of rotatable bonds is 3. The van der Waals surface area contributed by atoms with Gasteiger partial charge in [0.2, 0.25) is 0 Å². The van der Waals surface area contributed by atoms with E-state index in [-0.39, 0.29) is 0 Å². The lowest BCUT2D eigenvalue weighted by molar-refractivity contribution is 1.09. The third-order valence-corrected chi connectivity index (χ3v) is 2.92. The predicted molar refractivity (Wildman–Crippen MR) is 71.9 cm³/mol. The van der Waals surface area contributed by atoms with Crippen LogP contribution in [0.25, 0.3) is 0 Å². The van der Waals surface area contributed by atoms with E-state index < -0.39 is 0 Å². The summed E-state index contributed by atoms with van der Waals surface area (Å²) in [5.41, 5.74) is 10.3. The molecule has 1 aromatic heterocycles. The number of hydrogen-bond acceptors (Lipinski definition) is 3. The van der Waals surface area contributed by atoms with Crippen molar-refractivity contribution in [2.45, 2.75) is 20.4 Å². The molecule has 0 aliphatic heterocycles. The summed E-state index contributed by atoms with van der Waals surface area (Å²) in [7, 11) is 0. The zero-order valence-corrected chi connectivity index (χ0v) is 10.2. The van der Waals surface area contributed by atoms with Crippen LogP contribution in [0.5, 0.6) is 0 Å². The summed E-state index contributed by atoms with van der Waals surface area (Å²) in [4.78, 5) is 4.25. The van der Waals surface area contributed by atoms with Crippen molar-refractivity contribution in [3.05, 3.63) is 53.2 Å². The highest BCUT2D eigenvalue weighted by atomic mass is 15.0. The molecule has 0 radical (unpaired) electrons. The van der Waals surface area contributed by atoms with E-state index in [2.05, 4.69) is 29.4 Å². The molecule has 0 atom stereocenters. The Hall–Kier alpha value is -2.03. The number of pyridine rings is 1. The highest BCUT2D eigenvalue weighted by molar-refractivity contribution is 5.64. The van der Waals surface area contributed by atoms with Gasteiger partial charge < -0.3 is 11.1 Å². The number of aromatic nitrogens is 1. The summed E-state index contributed by atoms with van der Waals surface area (Å²) in [5, 5.41) is 3.27. The van der Waals surface area contributed by atoms with Gasteiger partial charge in [0.05, 0.1) is 5.69 Å². The van der Waals surface area contributed by atoms with Gasteiger partial charge in [-0.2, -0.15) is 0 Å². The van der Waals surface area contributed by atoms with E-state index in [1.807, 2.05) is 25.1 Å². The molecule has 0 fully saturated rings. The minimum absolute atomic E-state index is 0.723. The number of benzene rings is 1. The lowest BCUT2D eigenvalue weighted by atomic mass is 10.1. The third-order valence-electron chi connectivity index (χ3n) is 2.92. The van der Waals surface area contributed by atoms with Crippen molar-refractivity contribution in [3.8, 4) is 0 Å². The van der Waals surface area contributed by atoms with Crippen molar-refractivity contribution in [2.75, 3.05) is 11.1 Å². The van der Waals surface area contributed by atoms with E-state index in [9.17, 15) is 0 Å². The molecule has 0 unspecified atom stereocenters. The van der Waals surface area contributed by atoms with E-state index in [1.165, 1.54) is 11.1 Å². The van der Waals surface area contributed by atoms with Crippen LogP contribution >= 0.6 is 0 Å². The van der Waals surface area contributed by atoms with Crippen LogP contribution in [0.15, 0.2) is 36.5 Å². The second kappa shape index (κ2) is 4.87. The first-order chi connectivity index (χ1) is 8.18. The second-order valence-corrected chi connectivity index (χ2v) is 4.17. The Morgan fingerprint density at radius 1 is 1.12 bits per heavy atom. The van der Waals surface area contributed by atoms with E-state index in [1.54, 1.807) is 6.20 Å². The Morgan fingerprint density at radius 2 is 1.88 bits per heavy atom. The molecule has 0 aliphatic carbocycles. The summed E-state index contributed by atoms with van der Waals surface area (Å²) in [5.74, 6) is 0.758. The van der Waals surface area contributed by atoms with E-state index in [0.717, 1.165) is 23.6 Å². The van der Waals surface area contributed by atoms with Crippen LogP contribution in [0.4, 0.5) is 11.5 Å². The molecular weight excluding hydrogens is 210 g/mol. The zero-order valence-electron chi connectivity index (χ0n) is 10.2. The molecular formula is C14H17N3. The molecule has 0 aliphatic rings. The molecule has 3 heteroatoms. The fourth-order valence-electron chi connectivity index (χ4n) is 1.70. The molecule has 88 valence electrons. The van der Waals surface area contributed by atoms with Crippen molar-refractivity contribution in [1.29, 1.82) is 0 Å².